The summed E-state index contributed by atoms with van der Waals surface area (Å²) >= 11 is 0. The molecule has 2 rings (SSSR count). The number of rotatable bonds is 6. The van der Waals surface area contributed by atoms with Crippen molar-refractivity contribution in [2.24, 2.45) is 0 Å². The third kappa shape index (κ3) is 2.30. The summed E-state index contributed by atoms with van der Waals surface area (Å²) in [6, 6.07) is 0.341. The highest BCUT2D eigenvalue weighted by molar-refractivity contribution is 5.17. The fourth-order valence-electron chi connectivity index (χ4n) is 3.76. The standard InChI is InChI=1S/C15H28N2O/c1-4-15(5-2,17-10-6-7-11-17)14(16-3)13-9-8-12-18-13/h9,14,16H,4-8,10-12H2,1-3H3. The summed E-state index contributed by atoms with van der Waals surface area (Å²) in [6.45, 7) is 7.99. The summed E-state index contributed by atoms with van der Waals surface area (Å²) in [5.41, 5.74) is 0.224. The Bertz CT molecular complexity index is 291. The van der Waals surface area contributed by atoms with Gasteiger partial charge in [0.05, 0.1) is 12.6 Å². The molecule has 1 unspecified atom stereocenters. The van der Waals surface area contributed by atoms with E-state index in [0.29, 0.717) is 6.04 Å². The molecule has 0 bridgehead atoms. The van der Waals surface area contributed by atoms with Crippen LogP contribution < -0.4 is 5.32 Å². The van der Waals surface area contributed by atoms with Crippen molar-refractivity contribution in [1.29, 1.82) is 0 Å². The average molecular weight is 252 g/mol. The van der Waals surface area contributed by atoms with Gasteiger partial charge in [-0.15, -0.1) is 0 Å². The number of nitrogens with one attached hydrogen (secondary N) is 1. The van der Waals surface area contributed by atoms with Gasteiger partial charge < -0.3 is 10.1 Å². The van der Waals surface area contributed by atoms with Gasteiger partial charge in [-0.05, 0) is 51.9 Å². The highest BCUT2D eigenvalue weighted by Gasteiger charge is 2.44. The van der Waals surface area contributed by atoms with Crippen molar-refractivity contribution in [3.8, 4) is 0 Å². The van der Waals surface area contributed by atoms with Crippen LogP contribution in [0.5, 0.6) is 0 Å². The van der Waals surface area contributed by atoms with Crippen molar-refractivity contribution in [3.05, 3.63) is 11.8 Å². The lowest BCUT2D eigenvalue weighted by molar-refractivity contribution is 0.0538. The minimum absolute atomic E-state index is 0.224. The van der Waals surface area contributed by atoms with E-state index in [9.17, 15) is 0 Å². The predicted octanol–water partition coefficient (Wildman–Crippen LogP) is 2.53. The highest BCUT2D eigenvalue weighted by Crippen LogP contribution is 2.35. The monoisotopic (exact) mass is 252 g/mol. The molecule has 0 aromatic heterocycles. The molecule has 1 fully saturated rings. The molecule has 2 aliphatic heterocycles. The van der Waals surface area contributed by atoms with Gasteiger partial charge in [-0.25, -0.2) is 0 Å². The molecule has 1 saturated heterocycles. The molecule has 104 valence electrons. The maximum atomic E-state index is 5.85. The van der Waals surface area contributed by atoms with Crippen molar-refractivity contribution in [1.82, 2.24) is 10.2 Å². The molecule has 2 aliphatic rings. The minimum Gasteiger partial charge on any atom is -0.496 e. The first-order valence-electron chi connectivity index (χ1n) is 7.53. The molecule has 2 heterocycles. The van der Waals surface area contributed by atoms with E-state index in [1.54, 1.807) is 0 Å². The molecule has 0 spiro atoms. The van der Waals surface area contributed by atoms with Crippen LogP contribution in [-0.2, 0) is 4.74 Å². The average Bonchev–Trinajstić information content (AvgIpc) is 3.08. The summed E-state index contributed by atoms with van der Waals surface area (Å²) in [5, 5.41) is 3.53. The summed E-state index contributed by atoms with van der Waals surface area (Å²) in [4.78, 5) is 2.69. The predicted molar refractivity (Wildman–Crippen MR) is 75.6 cm³/mol. The summed E-state index contributed by atoms with van der Waals surface area (Å²) < 4.78 is 5.85. The van der Waals surface area contributed by atoms with Crippen LogP contribution in [0.15, 0.2) is 11.8 Å². The Hall–Kier alpha value is -0.540. The van der Waals surface area contributed by atoms with Gasteiger partial charge in [0.25, 0.3) is 0 Å². The van der Waals surface area contributed by atoms with Gasteiger partial charge in [-0.1, -0.05) is 13.8 Å². The Kier molecular flexibility index (Phi) is 4.68. The second kappa shape index (κ2) is 6.07. The van der Waals surface area contributed by atoms with E-state index in [0.717, 1.165) is 13.0 Å². The summed E-state index contributed by atoms with van der Waals surface area (Å²) in [7, 11) is 2.07. The Balaban J connectivity index is 2.25. The lowest BCUT2D eigenvalue weighted by Crippen LogP contribution is -2.60. The number of ether oxygens (including phenoxy) is 1. The van der Waals surface area contributed by atoms with Crippen LogP contribution in [0.4, 0.5) is 0 Å². The number of likely N-dealkylation sites (N-methyl/N-ethyl adjacent to an activating group) is 1. The summed E-state index contributed by atoms with van der Waals surface area (Å²) in [6.07, 6.45) is 8.38. The van der Waals surface area contributed by atoms with Gasteiger partial charge in [0.2, 0.25) is 0 Å². The van der Waals surface area contributed by atoms with E-state index in [4.69, 9.17) is 4.74 Å². The smallest absolute Gasteiger partial charge is 0.111 e. The van der Waals surface area contributed by atoms with Crippen LogP contribution in [0.2, 0.25) is 0 Å². The fraction of sp³-hybridized carbons (Fsp3) is 0.867. The third-order valence-electron chi connectivity index (χ3n) is 4.80. The van der Waals surface area contributed by atoms with Crippen LogP contribution in [0.3, 0.4) is 0 Å². The van der Waals surface area contributed by atoms with Crippen molar-refractivity contribution in [2.45, 2.75) is 57.5 Å². The highest BCUT2D eigenvalue weighted by atomic mass is 16.5. The lowest BCUT2D eigenvalue weighted by Gasteiger charge is -2.46. The van der Waals surface area contributed by atoms with E-state index >= 15 is 0 Å². The largest absolute Gasteiger partial charge is 0.496 e. The van der Waals surface area contributed by atoms with Crippen molar-refractivity contribution < 1.29 is 4.74 Å². The zero-order chi connectivity index (χ0) is 13.0. The quantitative estimate of drug-likeness (QED) is 0.786. The molecule has 1 atom stereocenters. The second-order valence-corrected chi connectivity index (χ2v) is 5.47. The maximum absolute atomic E-state index is 5.85. The molecule has 0 amide bonds. The molecule has 3 nitrogen and oxygen atoms in total. The third-order valence-corrected chi connectivity index (χ3v) is 4.80. The number of nitrogens with zero attached hydrogens (tertiary/aromatic N) is 1. The Labute approximate surface area is 112 Å². The van der Waals surface area contributed by atoms with Gasteiger partial charge in [0, 0.05) is 12.0 Å². The second-order valence-electron chi connectivity index (χ2n) is 5.47. The number of hydrogen-bond acceptors (Lipinski definition) is 3. The first kappa shape index (κ1) is 13.9. The van der Waals surface area contributed by atoms with Gasteiger partial charge in [-0.2, -0.15) is 0 Å². The first-order chi connectivity index (χ1) is 8.78. The van der Waals surface area contributed by atoms with Gasteiger partial charge in [0.1, 0.15) is 5.76 Å². The van der Waals surface area contributed by atoms with Gasteiger partial charge in [-0.3, -0.25) is 4.90 Å². The van der Waals surface area contributed by atoms with E-state index in [1.807, 2.05) is 0 Å². The van der Waals surface area contributed by atoms with Gasteiger partial charge >= 0.3 is 0 Å². The Morgan fingerprint density at radius 3 is 2.44 bits per heavy atom. The molecule has 0 saturated carbocycles. The summed E-state index contributed by atoms with van der Waals surface area (Å²) in [5.74, 6) is 1.17. The lowest BCUT2D eigenvalue weighted by atomic mass is 9.81. The zero-order valence-electron chi connectivity index (χ0n) is 12.2. The van der Waals surface area contributed by atoms with Crippen LogP contribution in [0, 0.1) is 0 Å². The topological polar surface area (TPSA) is 24.5 Å². The Morgan fingerprint density at radius 1 is 1.33 bits per heavy atom. The number of hydrogen-bond donors (Lipinski definition) is 1. The molecule has 3 heteroatoms. The van der Waals surface area contributed by atoms with E-state index < -0.39 is 0 Å². The fourth-order valence-corrected chi connectivity index (χ4v) is 3.76. The van der Waals surface area contributed by atoms with Crippen LogP contribution in [-0.4, -0.2) is 43.2 Å². The van der Waals surface area contributed by atoms with E-state index in [-0.39, 0.29) is 5.54 Å². The molecular weight excluding hydrogens is 224 g/mol. The van der Waals surface area contributed by atoms with E-state index in [2.05, 4.69) is 37.2 Å². The zero-order valence-corrected chi connectivity index (χ0v) is 12.2. The molecule has 18 heavy (non-hydrogen) atoms. The van der Waals surface area contributed by atoms with Crippen LogP contribution in [0.25, 0.3) is 0 Å². The Morgan fingerprint density at radius 2 is 2.00 bits per heavy atom. The molecule has 0 aliphatic carbocycles. The van der Waals surface area contributed by atoms with E-state index in [1.165, 1.54) is 44.5 Å². The SMILES string of the molecule is CCC(CC)(C(NC)C1=CCCO1)N1CCCC1. The van der Waals surface area contributed by atoms with Crippen molar-refractivity contribution in [3.63, 3.8) is 0 Å². The molecule has 1 N–H and O–H groups in total. The molecule has 0 aromatic rings. The van der Waals surface area contributed by atoms with Crippen molar-refractivity contribution in [2.75, 3.05) is 26.7 Å². The maximum Gasteiger partial charge on any atom is 0.111 e. The molecule has 0 radical (unpaired) electrons. The number of likely N-dealkylation sites (tertiary alicyclic amines) is 1. The van der Waals surface area contributed by atoms with Gasteiger partial charge in [0.15, 0.2) is 0 Å². The van der Waals surface area contributed by atoms with Crippen LogP contribution >= 0.6 is 0 Å². The van der Waals surface area contributed by atoms with Crippen LogP contribution in [0.1, 0.15) is 46.0 Å². The minimum atomic E-state index is 0.224. The normalized spacial score (nSPS) is 22.9. The first-order valence-corrected chi connectivity index (χ1v) is 7.53. The molecule has 0 aromatic carbocycles. The molecular formula is C15H28N2O. The van der Waals surface area contributed by atoms with Crippen molar-refractivity contribution >= 4 is 0 Å².